The van der Waals surface area contributed by atoms with Crippen LogP contribution in [0.1, 0.15) is 11.1 Å². The van der Waals surface area contributed by atoms with Gasteiger partial charge in [-0.1, -0.05) is 54.1 Å². The maximum absolute atomic E-state index is 11.8. The molecule has 0 aromatic heterocycles. The van der Waals surface area contributed by atoms with E-state index in [2.05, 4.69) is 28.0 Å². The van der Waals surface area contributed by atoms with Crippen molar-refractivity contribution in [2.75, 3.05) is 11.9 Å². The molecule has 24 heavy (non-hydrogen) atoms. The lowest BCUT2D eigenvalue weighted by atomic mass is 10.1. The Balaban J connectivity index is 1.52. The van der Waals surface area contributed by atoms with E-state index < -0.39 is 0 Å². The van der Waals surface area contributed by atoms with Crippen molar-refractivity contribution >= 4 is 28.6 Å². The molecule has 0 radical (unpaired) electrons. The van der Waals surface area contributed by atoms with Crippen LogP contribution < -0.4 is 10.7 Å². The van der Waals surface area contributed by atoms with Gasteiger partial charge in [0.25, 0.3) is 5.91 Å². The summed E-state index contributed by atoms with van der Waals surface area (Å²) in [6, 6.07) is 22.1. The highest BCUT2D eigenvalue weighted by Crippen LogP contribution is 2.14. The molecule has 2 N–H and O–H groups in total. The highest BCUT2D eigenvalue weighted by Gasteiger charge is 1.99. The van der Waals surface area contributed by atoms with Crippen LogP contribution in [0.25, 0.3) is 10.8 Å². The van der Waals surface area contributed by atoms with Gasteiger partial charge in [0.05, 0.1) is 12.8 Å². The maximum atomic E-state index is 11.8. The highest BCUT2D eigenvalue weighted by molar-refractivity contribution is 5.91. The Hall–Kier alpha value is -3.14. The number of hydrogen-bond donors (Lipinski definition) is 2. The molecule has 4 nitrogen and oxygen atoms in total. The van der Waals surface area contributed by atoms with Gasteiger partial charge in [-0.25, -0.2) is 5.43 Å². The minimum absolute atomic E-state index is 0.179. The summed E-state index contributed by atoms with van der Waals surface area (Å²) in [7, 11) is 0. The van der Waals surface area contributed by atoms with Crippen LogP contribution in [0.3, 0.4) is 0 Å². The molecular formula is C20H19N3O. The van der Waals surface area contributed by atoms with E-state index in [4.69, 9.17) is 0 Å². The van der Waals surface area contributed by atoms with E-state index in [-0.39, 0.29) is 12.5 Å². The van der Waals surface area contributed by atoms with Gasteiger partial charge in [-0.15, -0.1) is 0 Å². The highest BCUT2D eigenvalue weighted by atomic mass is 16.2. The molecule has 0 unspecified atom stereocenters. The Kier molecular flexibility index (Phi) is 4.87. The summed E-state index contributed by atoms with van der Waals surface area (Å²) in [5.41, 5.74) is 5.57. The number of anilines is 1. The predicted octanol–water partition coefficient (Wildman–Crippen LogP) is 3.71. The molecule has 0 saturated heterocycles. The lowest BCUT2D eigenvalue weighted by molar-refractivity contribution is -0.119. The van der Waals surface area contributed by atoms with Crippen LogP contribution in [0.15, 0.2) is 71.8 Å². The van der Waals surface area contributed by atoms with Crippen LogP contribution in [0.5, 0.6) is 0 Å². The van der Waals surface area contributed by atoms with E-state index >= 15 is 0 Å². The van der Waals surface area contributed by atoms with Gasteiger partial charge < -0.3 is 5.32 Å². The van der Waals surface area contributed by atoms with Crippen LogP contribution in [0, 0.1) is 6.92 Å². The van der Waals surface area contributed by atoms with E-state index in [1.54, 1.807) is 6.21 Å². The number of aryl methyl sites for hydroxylation is 1. The summed E-state index contributed by atoms with van der Waals surface area (Å²) < 4.78 is 0. The normalized spacial score (nSPS) is 10.9. The fraction of sp³-hybridized carbons (Fsp3) is 0.100. The summed E-state index contributed by atoms with van der Waals surface area (Å²) in [4.78, 5) is 11.8. The van der Waals surface area contributed by atoms with Crippen LogP contribution in [0.2, 0.25) is 0 Å². The van der Waals surface area contributed by atoms with Gasteiger partial charge in [-0.05, 0) is 41.5 Å². The molecular weight excluding hydrogens is 298 g/mol. The number of hydrazone groups is 1. The van der Waals surface area contributed by atoms with E-state index in [1.165, 1.54) is 10.9 Å². The Bertz CT molecular complexity index is 869. The summed E-state index contributed by atoms with van der Waals surface area (Å²) in [5, 5.41) is 9.40. The monoisotopic (exact) mass is 317 g/mol. The largest absolute Gasteiger partial charge is 0.376 e. The first-order chi connectivity index (χ1) is 11.7. The van der Waals surface area contributed by atoms with E-state index in [9.17, 15) is 4.79 Å². The van der Waals surface area contributed by atoms with Gasteiger partial charge in [-0.3, -0.25) is 4.79 Å². The number of amides is 1. The molecule has 0 fully saturated rings. The summed E-state index contributed by atoms with van der Waals surface area (Å²) >= 11 is 0. The van der Waals surface area contributed by atoms with E-state index in [1.807, 2.05) is 61.5 Å². The van der Waals surface area contributed by atoms with Gasteiger partial charge in [0.2, 0.25) is 0 Å². The number of benzene rings is 3. The Morgan fingerprint density at radius 1 is 1.00 bits per heavy atom. The SMILES string of the molecule is Cc1ccc(NCC(=O)NN=Cc2ccc3ccccc3c2)cc1. The number of fused-ring (bicyclic) bond motifs is 1. The molecule has 0 bridgehead atoms. The average Bonchev–Trinajstić information content (AvgIpc) is 2.61. The first kappa shape index (κ1) is 15.7. The summed E-state index contributed by atoms with van der Waals surface area (Å²) in [5.74, 6) is -0.187. The Morgan fingerprint density at radius 2 is 1.75 bits per heavy atom. The first-order valence-electron chi connectivity index (χ1n) is 7.82. The molecule has 3 rings (SSSR count). The second-order valence-corrected chi connectivity index (χ2v) is 5.62. The minimum atomic E-state index is -0.187. The fourth-order valence-electron chi connectivity index (χ4n) is 2.36. The van der Waals surface area contributed by atoms with Gasteiger partial charge in [0.1, 0.15) is 0 Å². The fourth-order valence-corrected chi connectivity index (χ4v) is 2.36. The van der Waals surface area contributed by atoms with Gasteiger partial charge >= 0.3 is 0 Å². The van der Waals surface area contributed by atoms with Gasteiger partial charge in [-0.2, -0.15) is 5.10 Å². The van der Waals surface area contributed by atoms with E-state index in [0.717, 1.165) is 16.6 Å². The standard InChI is InChI=1S/C20H19N3O/c1-15-6-10-19(11-7-15)21-14-20(24)23-22-13-16-8-9-17-4-2-3-5-18(17)12-16/h2-13,21H,14H2,1H3,(H,23,24). The van der Waals surface area contributed by atoms with Gasteiger partial charge in [0.15, 0.2) is 0 Å². The molecule has 0 spiro atoms. The third-order valence-electron chi connectivity index (χ3n) is 3.68. The third kappa shape index (κ3) is 4.20. The maximum Gasteiger partial charge on any atom is 0.259 e. The molecule has 0 aliphatic carbocycles. The van der Waals surface area contributed by atoms with Gasteiger partial charge in [0, 0.05) is 5.69 Å². The third-order valence-corrected chi connectivity index (χ3v) is 3.68. The topological polar surface area (TPSA) is 53.5 Å². The molecule has 120 valence electrons. The van der Waals surface area contributed by atoms with Crippen LogP contribution in [-0.4, -0.2) is 18.7 Å². The lowest BCUT2D eigenvalue weighted by Gasteiger charge is -2.05. The molecule has 0 aliphatic rings. The number of hydrogen-bond acceptors (Lipinski definition) is 3. The van der Waals surface area contributed by atoms with Crippen molar-refractivity contribution in [1.82, 2.24) is 5.43 Å². The molecule has 4 heteroatoms. The molecule has 0 heterocycles. The zero-order valence-electron chi connectivity index (χ0n) is 13.5. The van der Waals surface area contributed by atoms with Crippen LogP contribution in [-0.2, 0) is 4.79 Å². The molecule has 1 amide bonds. The first-order valence-corrected chi connectivity index (χ1v) is 7.82. The number of nitrogens with one attached hydrogen (secondary N) is 2. The quantitative estimate of drug-likeness (QED) is 0.557. The van der Waals surface area contributed by atoms with Crippen molar-refractivity contribution in [3.05, 3.63) is 77.9 Å². The van der Waals surface area contributed by atoms with Crippen molar-refractivity contribution in [3.8, 4) is 0 Å². The minimum Gasteiger partial charge on any atom is -0.376 e. The summed E-state index contributed by atoms with van der Waals surface area (Å²) in [6.07, 6.45) is 1.65. The van der Waals surface area contributed by atoms with Crippen LogP contribution in [0.4, 0.5) is 5.69 Å². The Morgan fingerprint density at radius 3 is 2.54 bits per heavy atom. The predicted molar refractivity (Wildman–Crippen MR) is 99.4 cm³/mol. The molecule has 3 aromatic carbocycles. The van der Waals surface area contributed by atoms with Crippen molar-refractivity contribution in [3.63, 3.8) is 0 Å². The van der Waals surface area contributed by atoms with Crippen molar-refractivity contribution in [2.45, 2.75) is 6.92 Å². The average molecular weight is 317 g/mol. The zero-order chi connectivity index (χ0) is 16.8. The van der Waals surface area contributed by atoms with Crippen molar-refractivity contribution < 1.29 is 4.79 Å². The van der Waals surface area contributed by atoms with Crippen molar-refractivity contribution in [1.29, 1.82) is 0 Å². The molecule has 3 aromatic rings. The number of rotatable bonds is 5. The summed E-state index contributed by atoms with van der Waals surface area (Å²) in [6.45, 7) is 2.20. The van der Waals surface area contributed by atoms with Crippen molar-refractivity contribution in [2.24, 2.45) is 5.10 Å². The van der Waals surface area contributed by atoms with Crippen LogP contribution >= 0.6 is 0 Å². The zero-order valence-corrected chi connectivity index (χ0v) is 13.5. The number of carbonyl (C=O) groups excluding carboxylic acids is 1. The molecule has 0 saturated carbocycles. The van der Waals surface area contributed by atoms with E-state index in [0.29, 0.717) is 0 Å². The lowest BCUT2D eigenvalue weighted by Crippen LogP contribution is -2.25. The Labute approximate surface area is 141 Å². The second-order valence-electron chi connectivity index (χ2n) is 5.62. The number of nitrogens with zero attached hydrogens (tertiary/aromatic N) is 1. The molecule has 0 aliphatic heterocycles. The molecule has 0 atom stereocenters. The number of carbonyl (C=O) groups is 1. The second kappa shape index (κ2) is 7.42. The smallest absolute Gasteiger partial charge is 0.259 e.